The number of carbonyl (C=O) groups is 2. The van der Waals surface area contributed by atoms with E-state index in [1.807, 2.05) is 23.0 Å². The fourth-order valence-electron chi connectivity index (χ4n) is 3.72. The van der Waals surface area contributed by atoms with Gasteiger partial charge in [-0.1, -0.05) is 19.1 Å². The standard InChI is InChI=1S/C26H39FN6O.CH3NO/c1-4-31(2)17-7-5-6-9-24(13-15-28)29-16-19-32(3)30-26(10-8-20-34)33-18-14-22-11-12-23(27)21-25(22)33;2-1-3/h8-13,15,20-21,29H,4-7,14,16-19,28H2,1-3H3;1H,(H2,2,3)/b10-8-,15-13-,24-9+,30-26+;. The third-order valence-corrected chi connectivity index (χ3v) is 5.75. The number of carbonyl (C=O) groups excluding carboxylic acids is 2. The van der Waals surface area contributed by atoms with E-state index in [0.29, 0.717) is 25.5 Å². The second kappa shape index (κ2) is 18.6. The maximum absolute atomic E-state index is 13.8. The summed E-state index contributed by atoms with van der Waals surface area (Å²) in [6.07, 6.45) is 13.7. The summed E-state index contributed by atoms with van der Waals surface area (Å²) in [6.45, 7) is 6.35. The van der Waals surface area contributed by atoms with Crippen LogP contribution in [0.3, 0.4) is 0 Å². The van der Waals surface area contributed by atoms with Crippen molar-refractivity contribution in [2.24, 2.45) is 16.6 Å². The van der Waals surface area contributed by atoms with E-state index in [-0.39, 0.29) is 12.2 Å². The number of aldehydes is 1. The summed E-state index contributed by atoms with van der Waals surface area (Å²) < 4.78 is 13.8. The number of amidine groups is 1. The molecule has 37 heavy (non-hydrogen) atoms. The quantitative estimate of drug-likeness (QED) is 0.0662. The molecule has 1 aliphatic heterocycles. The average Bonchev–Trinajstić information content (AvgIpc) is 3.29. The molecule has 1 amide bonds. The van der Waals surface area contributed by atoms with E-state index in [4.69, 9.17) is 10.5 Å². The Hall–Kier alpha value is -3.66. The molecule has 10 heteroatoms. The monoisotopic (exact) mass is 515 g/mol. The second-order valence-electron chi connectivity index (χ2n) is 8.48. The van der Waals surface area contributed by atoms with E-state index in [0.717, 1.165) is 55.6 Å². The molecule has 0 aromatic heterocycles. The number of halogens is 1. The lowest BCUT2D eigenvalue weighted by Gasteiger charge is -2.22. The van der Waals surface area contributed by atoms with Crippen LogP contribution in [0.5, 0.6) is 0 Å². The van der Waals surface area contributed by atoms with E-state index < -0.39 is 0 Å². The number of nitrogens with zero attached hydrogens (tertiary/aromatic N) is 4. The number of allylic oxidation sites excluding steroid dienone is 3. The van der Waals surface area contributed by atoms with Crippen LogP contribution in [-0.2, 0) is 16.0 Å². The Morgan fingerprint density at radius 1 is 1.19 bits per heavy atom. The van der Waals surface area contributed by atoms with Gasteiger partial charge in [-0.15, -0.1) is 0 Å². The highest BCUT2D eigenvalue weighted by Crippen LogP contribution is 2.29. The predicted octanol–water partition coefficient (Wildman–Crippen LogP) is 2.36. The maximum atomic E-state index is 13.8. The lowest BCUT2D eigenvalue weighted by Crippen LogP contribution is -2.32. The number of benzene rings is 1. The summed E-state index contributed by atoms with van der Waals surface area (Å²) in [5.41, 5.74) is 12.6. The van der Waals surface area contributed by atoms with Crippen molar-refractivity contribution in [3.8, 4) is 0 Å². The number of primary amides is 1. The van der Waals surface area contributed by atoms with Crippen LogP contribution in [0.15, 0.2) is 59.5 Å². The van der Waals surface area contributed by atoms with Crippen molar-refractivity contribution in [3.63, 3.8) is 0 Å². The van der Waals surface area contributed by atoms with Gasteiger partial charge in [0.05, 0.1) is 6.54 Å². The molecule has 1 heterocycles. The first-order valence-corrected chi connectivity index (χ1v) is 12.5. The summed E-state index contributed by atoms with van der Waals surface area (Å²) in [6, 6.07) is 4.80. The number of unbranched alkanes of at least 4 members (excludes halogenated alkanes) is 2. The molecule has 0 aliphatic carbocycles. The van der Waals surface area contributed by atoms with Gasteiger partial charge in [0.15, 0.2) is 5.84 Å². The van der Waals surface area contributed by atoms with Crippen LogP contribution in [0.2, 0.25) is 0 Å². The Kier molecular flexibility index (Phi) is 15.8. The number of amides is 1. The minimum absolute atomic E-state index is 0.250. The molecule has 9 nitrogen and oxygen atoms in total. The minimum Gasteiger partial charge on any atom is -0.405 e. The Balaban J connectivity index is 0.00000217. The van der Waals surface area contributed by atoms with Gasteiger partial charge in [0, 0.05) is 31.5 Å². The highest BCUT2D eigenvalue weighted by molar-refractivity contribution is 6.08. The average molecular weight is 516 g/mol. The molecule has 0 saturated carbocycles. The maximum Gasteiger partial charge on any atom is 0.204 e. The van der Waals surface area contributed by atoms with E-state index >= 15 is 0 Å². The predicted molar refractivity (Wildman–Crippen MR) is 149 cm³/mol. The first kappa shape index (κ1) is 31.4. The molecule has 0 unspecified atom stereocenters. The summed E-state index contributed by atoms with van der Waals surface area (Å²) in [5.74, 6) is 0.320. The molecule has 204 valence electrons. The van der Waals surface area contributed by atoms with Crippen LogP contribution in [0.25, 0.3) is 0 Å². The van der Waals surface area contributed by atoms with Gasteiger partial charge in [-0.25, -0.2) is 4.39 Å². The van der Waals surface area contributed by atoms with E-state index in [2.05, 4.69) is 41.1 Å². The van der Waals surface area contributed by atoms with Gasteiger partial charge in [0.2, 0.25) is 6.41 Å². The molecule has 0 atom stereocenters. The van der Waals surface area contributed by atoms with Crippen molar-refractivity contribution in [1.82, 2.24) is 15.2 Å². The smallest absolute Gasteiger partial charge is 0.204 e. The number of hydrazone groups is 1. The zero-order chi connectivity index (χ0) is 27.5. The van der Waals surface area contributed by atoms with Crippen LogP contribution in [0.4, 0.5) is 10.1 Å². The van der Waals surface area contributed by atoms with Crippen LogP contribution in [0.1, 0.15) is 31.7 Å². The highest BCUT2D eigenvalue weighted by Gasteiger charge is 2.23. The molecular formula is C27H42FN7O2. The van der Waals surface area contributed by atoms with Gasteiger partial charge in [-0.05, 0) is 87.9 Å². The van der Waals surface area contributed by atoms with Crippen molar-refractivity contribution < 1.29 is 14.0 Å². The first-order valence-electron chi connectivity index (χ1n) is 12.5. The van der Waals surface area contributed by atoms with Crippen LogP contribution >= 0.6 is 0 Å². The van der Waals surface area contributed by atoms with Gasteiger partial charge in [0.1, 0.15) is 12.1 Å². The van der Waals surface area contributed by atoms with Crippen molar-refractivity contribution in [2.75, 3.05) is 51.7 Å². The molecule has 1 aromatic rings. The summed E-state index contributed by atoms with van der Waals surface area (Å²) in [4.78, 5) is 23.8. The van der Waals surface area contributed by atoms with Gasteiger partial charge in [-0.2, -0.15) is 5.10 Å². The van der Waals surface area contributed by atoms with Gasteiger partial charge in [-0.3, -0.25) is 14.6 Å². The Morgan fingerprint density at radius 3 is 2.62 bits per heavy atom. The van der Waals surface area contributed by atoms with Crippen molar-refractivity contribution in [2.45, 2.75) is 32.6 Å². The Bertz CT molecular complexity index is 947. The second-order valence-corrected chi connectivity index (χ2v) is 8.48. The first-order chi connectivity index (χ1) is 17.9. The minimum atomic E-state index is -0.286. The molecule has 5 N–H and O–H groups in total. The van der Waals surface area contributed by atoms with Gasteiger partial charge in [0.25, 0.3) is 0 Å². The van der Waals surface area contributed by atoms with Crippen molar-refractivity contribution in [3.05, 3.63) is 65.8 Å². The van der Waals surface area contributed by atoms with Crippen molar-refractivity contribution >= 4 is 24.2 Å². The fraction of sp³-hybridized carbons (Fsp3) is 0.444. The van der Waals surface area contributed by atoms with Crippen LogP contribution in [0, 0.1) is 5.82 Å². The summed E-state index contributed by atoms with van der Waals surface area (Å²) >= 11 is 0. The van der Waals surface area contributed by atoms with E-state index in [9.17, 15) is 9.18 Å². The molecule has 0 bridgehead atoms. The topological polar surface area (TPSA) is 120 Å². The lowest BCUT2D eigenvalue weighted by atomic mass is 10.2. The SMILES string of the molecule is CCN(C)CCCC/C=C(\C=C/N)NCCN(C)/N=C(\C=C/C=O)N1CCc2ccc(F)cc21.NC=O. The van der Waals surface area contributed by atoms with Gasteiger partial charge >= 0.3 is 0 Å². The Morgan fingerprint density at radius 2 is 1.95 bits per heavy atom. The molecule has 1 aromatic carbocycles. The van der Waals surface area contributed by atoms with Crippen LogP contribution < -0.4 is 21.7 Å². The van der Waals surface area contributed by atoms with E-state index in [1.165, 1.54) is 30.8 Å². The third kappa shape index (κ3) is 12.2. The highest BCUT2D eigenvalue weighted by atomic mass is 19.1. The lowest BCUT2D eigenvalue weighted by molar-refractivity contribution is -0.107. The van der Waals surface area contributed by atoms with Crippen LogP contribution in [-0.4, -0.2) is 75.3 Å². The number of nitrogens with two attached hydrogens (primary N) is 2. The normalized spacial score (nSPS) is 13.6. The molecular weight excluding hydrogens is 473 g/mol. The third-order valence-electron chi connectivity index (χ3n) is 5.75. The number of rotatable bonds is 14. The molecule has 0 radical (unpaired) electrons. The largest absolute Gasteiger partial charge is 0.405 e. The van der Waals surface area contributed by atoms with E-state index in [1.54, 1.807) is 12.1 Å². The Labute approximate surface area is 220 Å². The molecule has 0 fully saturated rings. The summed E-state index contributed by atoms with van der Waals surface area (Å²) in [7, 11) is 4.02. The molecule has 2 rings (SSSR count). The molecule has 0 saturated heterocycles. The summed E-state index contributed by atoms with van der Waals surface area (Å²) in [5, 5.41) is 9.91. The number of hydrogen-bond donors (Lipinski definition) is 3. The van der Waals surface area contributed by atoms with Crippen molar-refractivity contribution in [1.29, 1.82) is 0 Å². The molecule has 0 spiro atoms. The number of hydrogen-bond acceptors (Lipinski definition) is 7. The number of nitrogens with one attached hydrogen (secondary N) is 1. The number of likely N-dealkylation sites (N-methyl/N-ethyl adjacent to an activating group) is 1. The fourth-order valence-corrected chi connectivity index (χ4v) is 3.72. The number of fused-ring (bicyclic) bond motifs is 1. The van der Waals surface area contributed by atoms with Gasteiger partial charge < -0.3 is 26.6 Å². The zero-order valence-corrected chi connectivity index (χ0v) is 22.3. The number of anilines is 1. The zero-order valence-electron chi connectivity index (χ0n) is 22.3. The molecule has 1 aliphatic rings.